The number of anilines is 1. The summed E-state index contributed by atoms with van der Waals surface area (Å²) in [5.74, 6) is -1.80. The number of nitrogens with zero attached hydrogens (tertiary/aromatic N) is 1. The first-order valence-electron chi connectivity index (χ1n) is 8.44. The maximum Gasteiger partial charge on any atom is 0.341 e. The van der Waals surface area contributed by atoms with E-state index >= 15 is 0 Å². The number of hydrogen-bond acceptors (Lipinski definition) is 5. The highest BCUT2D eigenvalue weighted by molar-refractivity contribution is 6.00. The van der Waals surface area contributed by atoms with Crippen LogP contribution in [0.1, 0.15) is 33.6 Å². The third-order valence-electron chi connectivity index (χ3n) is 4.30. The fourth-order valence-corrected chi connectivity index (χ4v) is 2.83. The highest BCUT2D eigenvalue weighted by Gasteiger charge is 2.22. The van der Waals surface area contributed by atoms with Gasteiger partial charge in [0.15, 0.2) is 12.4 Å². The van der Waals surface area contributed by atoms with Gasteiger partial charge in [0.1, 0.15) is 11.6 Å². The minimum absolute atomic E-state index is 0.0597. The molecule has 1 amide bonds. The van der Waals surface area contributed by atoms with Crippen molar-refractivity contribution in [2.45, 2.75) is 12.8 Å². The van der Waals surface area contributed by atoms with Crippen molar-refractivity contribution in [3.63, 3.8) is 0 Å². The van der Waals surface area contributed by atoms with Crippen molar-refractivity contribution < 1.29 is 28.2 Å². The molecule has 6 nitrogen and oxygen atoms in total. The zero-order chi connectivity index (χ0) is 19.4. The monoisotopic (exact) mass is 371 g/mol. The lowest BCUT2D eigenvalue weighted by molar-refractivity contribution is -0.117. The topological polar surface area (TPSA) is 72.9 Å². The average molecular weight is 371 g/mol. The first-order valence-corrected chi connectivity index (χ1v) is 8.44. The summed E-state index contributed by atoms with van der Waals surface area (Å²) >= 11 is 0. The zero-order valence-electron chi connectivity index (χ0n) is 14.7. The van der Waals surface area contributed by atoms with Gasteiger partial charge >= 0.3 is 5.97 Å². The van der Waals surface area contributed by atoms with Gasteiger partial charge in [0.05, 0.1) is 12.7 Å². The molecule has 27 heavy (non-hydrogen) atoms. The van der Waals surface area contributed by atoms with E-state index in [2.05, 4.69) is 0 Å². The number of methoxy groups -OCH3 is 1. The number of amides is 1. The van der Waals surface area contributed by atoms with Crippen LogP contribution in [0.4, 0.5) is 10.1 Å². The van der Waals surface area contributed by atoms with Gasteiger partial charge in [-0.3, -0.25) is 9.59 Å². The fraction of sp³-hybridized carbons (Fsp3) is 0.250. The van der Waals surface area contributed by atoms with Gasteiger partial charge in [0.25, 0.3) is 0 Å². The maximum absolute atomic E-state index is 13.9. The summed E-state index contributed by atoms with van der Waals surface area (Å²) in [6, 6.07) is 10.2. The quantitative estimate of drug-likeness (QED) is 0.577. The molecule has 1 aliphatic heterocycles. The van der Waals surface area contributed by atoms with Crippen LogP contribution in [0.15, 0.2) is 42.5 Å². The van der Waals surface area contributed by atoms with E-state index in [1.54, 1.807) is 29.2 Å². The number of carbonyl (C=O) groups is 3. The standard InChI is InChI=1S/C20H18FNO5/c1-26-15-8-9-16(17(21)11-15)20(25)27-12-18(23)13-4-6-14(7-5-13)22-10-2-3-19(22)24/h4-9,11H,2-3,10,12H2,1H3. The van der Waals surface area contributed by atoms with Crippen LogP contribution in [-0.4, -0.2) is 37.9 Å². The van der Waals surface area contributed by atoms with Gasteiger partial charge in [0, 0.05) is 30.3 Å². The van der Waals surface area contributed by atoms with Gasteiger partial charge in [-0.05, 0) is 42.8 Å². The molecule has 1 heterocycles. The molecule has 2 aromatic rings. The molecule has 0 unspecified atom stereocenters. The molecule has 0 spiro atoms. The van der Waals surface area contributed by atoms with Gasteiger partial charge in [-0.1, -0.05) is 0 Å². The molecule has 3 rings (SSSR count). The van der Waals surface area contributed by atoms with Crippen molar-refractivity contribution >= 4 is 23.3 Å². The molecule has 1 aliphatic rings. The number of ether oxygens (including phenoxy) is 2. The van der Waals surface area contributed by atoms with E-state index in [4.69, 9.17) is 9.47 Å². The van der Waals surface area contributed by atoms with Crippen LogP contribution >= 0.6 is 0 Å². The third kappa shape index (κ3) is 4.13. The molecule has 0 N–H and O–H groups in total. The number of Topliss-reactive ketones (excluding diaryl/α,β-unsaturated/α-hetero) is 1. The summed E-state index contributed by atoms with van der Waals surface area (Å²) in [5.41, 5.74) is 0.797. The lowest BCUT2D eigenvalue weighted by Crippen LogP contribution is -2.23. The number of ketones is 1. The summed E-state index contributed by atoms with van der Waals surface area (Å²) in [4.78, 5) is 37.6. The Kier molecular flexibility index (Phi) is 5.49. The van der Waals surface area contributed by atoms with E-state index in [1.165, 1.54) is 19.2 Å². The van der Waals surface area contributed by atoms with Crippen molar-refractivity contribution in [1.82, 2.24) is 0 Å². The van der Waals surface area contributed by atoms with Crippen molar-refractivity contribution in [3.05, 3.63) is 59.4 Å². The molecular weight excluding hydrogens is 353 g/mol. The van der Waals surface area contributed by atoms with Crippen LogP contribution < -0.4 is 9.64 Å². The zero-order valence-corrected chi connectivity index (χ0v) is 14.7. The number of benzene rings is 2. The summed E-state index contributed by atoms with van der Waals surface area (Å²) < 4.78 is 23.6. The minimum Gasteiger partial charge on any atom is -0.497 e. The molecule has 140 valence electrons. The Hall–Kier alpha value is -3.22. The van der Waals surface area contributed by atoms with Crippen molar-refractivity contribution in [3.8, 4) is 5.75 Å². The predicted molar refractivity (Wildman–Crippen MR) is 95.6 cm³/mol. The molecule has 0 bridgehead atoms. The van der Waals surface area contributed by atoms with Gasteiger partial charge in [-0.25, -0.2) is 9.18 Å². The average Bonchev–Trinajstić information content (AvgIpc) is 3.11. The Morgan fingerprint density at radius 3 is 2.48 bits per heavy atom. The number of rotatable bonds is 6. The van der Waals surface area contributed by atoms with Gasteiger partial charge in [-0.15, -0.1) is 0 Å². The minimum atomic E-state index is -0.928. The number of hydrogen-bond donors (Lipinski definition) is 0. The highest BCUT2D eigenvalue weighted by atomic mass is 19.1. The SMILES string of the molecule is COc1ccc(C(=O)OCC(=O)c2ccc(N3CCCC3=O)cc2)c(F)c1. The number of carbonyl (C=O) groups excluding carboxylic acids is 3. The molecule has 0 atom stereocenters. The Morgan fingerprint density at radius 2 is 1.89 bits per heavy atom. The van der Waals surface area contributed by atoms with E-state index in [0.717, 1.165) is 18.2 Å². The molecule has 7 heteroatoms. The number of halogens is 1. The van der Waals surface area contributed by atoms with E-state index in [1.807, 2.05) is 0 Å². The van der Waals surface area contributed by atoms with Gasteiger partial charge in [0.2, 0.25) is 5.91 Å². The molecule has 1 saturated heterocycles. The summed E-state index contributed by atoms with van der Waals surface area (Å²) in [7, 11) is 1.39. The van der Waals surface area contributed by atoms with E-state index in [-0.39, 0.29) is 17.2 Å². The predicted octanol–water partition coefficient (Wildman–Crippen LogP) is 3.00. The lowest BCUT2D eigenvalue weighted by Gasteiger charge is -2.15. The number of esters is 1. The molecule has 0 aliphatic carbocycles. The Balaban J connectivity index is 1.60. The van der Waals surface area contributed by atoms with Gasteiger partial charge < -0.3 is 14.4 Å². The van der Waals surface area contributed by atoms with Crippen LogP contribution in [0.2, 0.25) is 0 Å². The normalized spacial score (nSPS) is 13.6. The third-order valence-corrected chi connectivity index (χ3v) is 4.30. The summed E-state index contributed by atoms with van der Waals surface area (Å²) in [6.45, 7) is 0.156. The van der Waals surface area contributed by atoms with Crippen molar-refractivity contribution in [2.24, 2.45) is 0 Å². The highest BCUT2D eigenvalue weighted by Crippen LogP contribution is 2.22. The first-order chi connectivity index (χ1) is 13.0. The maximum atomic E-state index is 13.9. The van der Waals surface area contributed by atoms with Crippen LogP contribution in [0.25, 0.3) is 0 Å². The van der Waals surface area contributed by atoms with Crippen LogP contribution in [0.5, 0.6) is 5.75 Å². The Morgan fingerprint density at radius 1 is 1.15 bits per heavy atom. The second-order valence-corrected chi connectivity index (χ2v) is 6.04. The first kappa shape index (κ1) is 18.6. The Bertz CT molecular complexity index is 878. The second-order valence-electron chi connectivity index (χ2n) is 6.04. The molecule has 0 radical (unpaired) electrons. The molecule has 0 saturated carbocycles. The smallest absolute Gasteiger partial charge is 0.341 e. The van der Waals surface area contributed by atoms with Crippen LogP contribution in [0.3, 0.4) is 0 Å². The summed E-state index contributed by atoms with van der Waals surface area (Å²) in [6.07, 6.45) is 1.34. The van der Waals surface area contributed by atoms with Crippen LogP contribution in [-0.2, 0) is 9.53 Å². The van der Waals surface area contributed by atoms with E-state index in [0.29, 0.717) is 18.5 Å². The van der Waals surface area contributed by atoms with Crippen molar-refractivity contribution in [1.29, 1.82) is 0 Å². The molecular formula is C20H18FNO5. The van der Waals surface area contributed by atoms with Crippen LogP contribution in [0, 0.1) is 5.82 Å². The van der Waals surface area contributed by atoms with E-state index in [9.17, 15) is 18.8 Å². The molecule has 2 aromatic carbocycles. The molecule has 0 aromatic heterocycles. The summed E-state index contributed by atoms with van der Waals surface area (Å²) in [5, 5.41) is 0. The largest absolute Gasteiger partial charge is 0.497 e. The Labute approximate surface area is 155 Å². The van der Waals surface area contributed by atoms with Gasteiger partial charge in [-0.2, -0.15) is 0 Å². The lowest BCUT2D eigenvalue weighted by atomic mass is 10.1. The van der Waals surface area contributed by atoms with Crippen molar-refractivity contribution in [2.75, 3.05) is 25.2 Å². The second kappa shape index (κ2) is 7.99. The van der Waals surface area contributed by atoms with E-state index < -0.39 is 24.2 Å². The fourth-order valence-electron chi connectivity index (χ4n) is 2.83. The molecule has 1 fully saturated rings.